The lowest BCUT2D eigenvalue weighted by atomic mass is 10.2. The molecule has 2 aromatic carbocycles. The number of hydrogen-bond donors (Lipinski definition) is 2. The van der Waals surface area contributed by atoms with Crippen molar-refractivity contribution in [1.29, 1.82) is 0 Å². The van der Waals surface area contributed by atoms with Crippen LogP contribution in [0.1, 0.15) is 11.1 Å². The summed E-state index contributed by atoms with van der Waals surface area (Å²) in [6, 6.07) is 19.4. The topological polar surface area (TPSA) is 58.9 Å². The molecule has 4 heteroatoms. The van der Waals surface area contributed by atoms with Gasteiger partial charge >= 0.3 is 0 Å². The van der Waals surface area contributed by atoms with Crippen LogP contribution >= 0.6 is 0 Å². The van der Waals surface area contributed by atoms with Gasteiger partial charge in [-0.2, -0.15) is 0 Å². The standard InChI is InChI=1S/C18H22O4/c19-11-18(22-13-16-9-5-2-6-10-16)17(20)14-21-12-15-7-3-1-4-8-15/h1-10,17-20H,11-14H2/t17?,18-/m0/s1. The Morgan fingerprint density at radius 2 is 1.36 bits per heavy atom. The van der Waals surface area contributed by atoms with Gasteiger partial charge in [-0.15, -0.1) is 0 Å². The lowest BCUT2D eigenvalue weighted by Crippen LogP contribution is -2.35. The maximum absolute atomic E-state index is 10.1. The molecule has 0 aliphatic carbocycles. The normalized spacial score (nSPS) is 13.7. The summed E-state index contributed by atoms with van der Waals surface area (Å²) in [5.41, 5.74) is 2.04. The van der Waals surface area contributed by atoms with Gasteiger partial charge in [0.1, 0.15) is 12.2 Å². The molecule has 22 heavy (non-hydrogen) atoms. The summed E-state index contributed by atoms with van der Waals surface area (Å²) >= 11 is 0. The van der Waals surface area contributed by atoms with Crippen LogP contribution in [0.4, 0.5) is 0 Å². The molecule has 0 amide bonds. The van der Waals surface area contributed by atoms with E-state index in [0.717, 1.165) is 11.1 Å². The van der Waals surface area contributed by atoms with Gasteiger partial charge in [-0.05, 0) is 11.1 Å². The van der Waals surface area contributed by atoms with Crippen molar-refractivity contribution in [3.8, 4) is 0 Å². The summed E-state index contributed by atoms with van der Waals surface area (Å²) in [6.45, 7) is 0.647. The molecular weight excluding hydrogens is 280 g/mol. The molecule has 1 unspecified atom stereocenters. The van der Waals surface area contributed by atoms with Gasteiger partial charge in [-0.3, -0.25) is 0 Å². The molecule has 0 spiro atoms. The fourth-order valence-corrected chi connectivity index (χ4v) is 2.04. The van der Waals surface area contributed by atoms with E-state index in [1.54, 1.807) is 0 Å². The van der Waals surface area contributed by atoms with Crippen LogP contribution in [0.3, 0.4) is 0 Å². The highest BCUT2D eigenvalue weighted by Crippen LogP contribution is 2.08. The highest BCUT2D eigenvalue weighted by Gasteiger charge is 2.19. The van der Waals surface area contributed by atoms with E-state index >= 15 is 0 Å². The number of hydrogen-bond acceptors (Lipinski definition) is 4. The zero-order valence-corrected chi connectivity index (χ0v) is 12.5. The Bertz CT molecular complexity index is 515. The van der Waals surface area contributed by atoms with Crippen LogP contribution in [0.15, 0.2) is 60.7 Å². The summed E-state index contributed by atoms with van der Waals surface area (Å²) in [7, 11) is 0. The van der Waals surface area contributed by atoms with Crippen LogP contribution in [0.2, 0.25) is 0 Å². The number of aliphatic hydroxyl groups is 2. The van der Waals surface area contributed by atoms with Gasteiger partial charge in [0.25, 0.3) is 0 Å². The second-order valence-corrected chi connectivity index (χ2v) is 5.09. The molecule has 2 aromatic rings. The summed E-state index contributed by atoms with van der Waals surface area (Å²) in [6.07, 6.45) is -1.52. The van der Waals surface area contributed by atoms with Gasteiger partial charge in [-0.1, -0.05) is 60.7 Å². The summed E-state index contributed by atoms with van der Waals surface area (Å²) < 4.78 is 11.0. The summed E-state index contributed by atoms with van der Waals surface area (Å²) in [4.78, 5) is 0. The maximum Gasteiger partial charge on any atom is 0.109 e. The molecule has 0 aliphatic rings. The zero-order chi connectivity index (χ0) is 15.6. The monoisotopic (exact) mass is 302 g/mol. The third kappa shape index (κ3) is 5.58. The molecule has 2 rings (SSSR count). The molecule has 0 bridgehead atoms. The second-order valence-electron chi connectivity index (χ2n) is 5.09. The van der Waals surface area contributed by atoms with E-state index in [-0.39, 0.29) is 13.2 Å². The molecule has 0 fully saturated rings. The van der Waals surface area contributed by atoms with Crippen LogP contribution in [0.25, 0.3) is 0 Å². The number of benzene rings is 2. The third-order valence-electron chi connectivity index (χ3n) is 3.32. The lowest BCUT2D eigenvalue weighted by Gasteiger charge is -2.21. The molecule has 0 radical (unpaired) electrons. The van der Waals surface area contributed by atoms with Crippen LogP contribution in [0, 0.1) is 0 Å². The van der Waals surface area contributed by atoms with Gasteiger partial charge in [0.05, 0.1) is 26.4 Å². The van der Waals surface area contributed by atoms with E-state index in [9.17, 15) is 10.2 Å². The van der Waals surface area contributed by atoms with Crippen molar-refractivity contribution in [2.24, 2.45) is 0 Å². The second kappa shape index (κ2) is 9.33. The quantitative estimate of drug-likeness (QED) is 0.745. The van der Waals surface area contributed by atoms with E-state index < -0.39 is 12.2 Å². The molecule has 0 aromatic heterocycles. The highest BCUT2D eigenvalue weighted by molar-refractivity contribution is 5.14. The van der Waals surface area contributed by atoms with Gasteiger partial charge in [0, 0.05) is 0 Å². The Hall–Kier alpha value is -1.72. The van der Waals surface area contributed by atoms with Crippen molar-refractivity contribution >= 4 is 0 Å². The molecule has 0 aliphatic heterocycles. The summed E-state index contributed by atoms with van der Waals surface area (Å²) in [5.74, 6) is 0. The molecule has 2 atom stereocenters. The number of aliphatic hydroxyl groups excluding tert-OH is 2. The minimum atomic E-state index is -0.863. The van der Waals surface area contributed by atoms with Crippen LogP contribution in [0.5, 0.6) is 0 Å². The van der Waals surface area contributed by atoms with E-state index in [2.05, 4.69) is 0 Å². The fraction of sp³-hybridized carbons (Fsp3) is 0.333. The SMILES string of the molecule is OC[C@H](OCc1ccccc1)C(O)COCc1ccccc1. The average Bonchev–Trinajstić information content (AvgIpc) is 2.57. The Labute approximate surface area is 130 Å². The molecule has 4 nitrogen and oxygen atoms in total. The molecule has 2 N–H and O–H groups in total. The Balaban J connectivity index is 1.73. The third-order valence-corrected chi connectivity index (χ3v) is 3.32. The van der Waals surface area contributed by atoms with Gasteiger partial charge in [0.15, 0.2) is 0 Å². The smallest absolute Gasteiger partial charge is 0.109 e. The average molecular weight is 302 g/mol. The largest absolute Gasteiger partial charge is 0.394 e. The number of ether oxygens (including phenoxy) is 2. The molecular formula is C18H22O4. The molecule has 0 saturated carbocycles. The Morgan fingerprint density at radius 1 is 0.818 bits per heavy atom. The van der Waals surface area contributed by atoms with E-state index in [4.69, 9.17) is 9.47 Å². The molecule has 0 heterocycles. The minimum Gasteiger partial charge on any atom is -0.394 e. The van der Waals surface area contributed by atoms with Crippen molar-refractivity contribution in [2.75, 3.05) is 13.2 Å². The van der Waals surface area contributed by atoms with Crippen LogP contribution in [-0.4, -0.2) is 35.6 Å². The van der Waals surface area contributed by atoms with E-state index in [1.807, 2.05) is 60.7 Å². The van der Waals surface area contributed by atoms with Gasteiger partial charge in [0.2, 0.25) is 0 Å². The molecule has 0 saturated heterocycles. The Kier molecular flexibility index (Phi) is 7.06. The lowest BCUT2D eigenvalue weighted by molar-refractivity contribution is -0.0984. The first-order valence-electron chi connectivity index (χ1n) is 7.35. The van der Waals surface area contributed by atoms with Crippen molar-refractivity contribution in [2.45, 2.75) is 25.4 Å². The predicted octanol–water partition coefficient (Wildman–Crippen LogP) is 2.14. The number of rotatable bonds is 9. The van der Waals surface area contributed by atoms with Gasteiger partial charge in [-0.25, -0.2) is 0 Å². The van der Waals surface area contributed by atoms with Crippen molar-refractivity contribution < 1.29 is 19.7 Å². The zero-order valence-electron chi connectivity index (χ0n) is 12.5. The first kappa shape index (κ1) is 16.6. The van der Waals surface area contributed by atoms with Gasteiger partial charge < -0.3 is 19.7 Å². The molecule has 118 valence electrons. The predicted molar refractivity (Wildman–Crippen MR) is 84.2 cm³/mol. The van der Waals surface area contributed by atoms with Crippen molar-refractivity contribution in [3.05, 3.63) is 71.8 Å². The fourth-order valence-electron chi connectivity index (χ4n) is 2.04. The highest BCUT2D eigenvalue weighted by atomic mass is 16.5. The Morgan fingerprint density at radius 3 is 1.91 bits per heavy atom. The van der Waals surface area contributed by atoms with Crippen molar-refractivity contribution in [1.82, 2.24) is 0 Å². The summed E-state index contributed by atoms with van der Waals surface area (Å²) in [5, 5.41) is 19.4. The first-order valence-corrected chi connectivity index (χ1v) is 7.35. The minimum absolute atomic E-state index is 0.120. The van der Waals surface area contributed by atoms with Crippen LogP contribution < -0.4 is 0 Å². The van der Waals surface area contributed by atoms with E-state index in [1.165, 1.54) is 0 Å². The first-order chi connectivity index (χ1) is 10.8. The van der Waals surface area contributed by atoms with Crippen LogP contribution in [-0.2, 0) is 22.7 Å². The van der Waals surface area contributed by atoms with E-state index in [0.29, 0.717) is 13.2 Å². The maximum atomic E-state index is 10.1. The van der Waals surface area contributed by atoms with Crippen molar-refractivity contribution in [3.63, 3.8) is 0 Å².